The van der Waals surface area contributed by atoms with Crippen molar-refractivity contribution in [3.63, 3.8) is 0 Å². The summed E-state index contributed by atoms with van der Waals surface area (Å²) in [6, 6.07) is 26.4. The summed E-state index contributed by atoms with van der Waals surface area (Å²) in [6.07, 6.45) is -0.760. The van der Waals surface area contributed by atoms with Crippen LogP contribution in [0.4, 0.5) is 0 Å². The average Bonchev–Trinajstić information content (AvgIpc) is 2.77. The van der Waals surface area contributed by atoms with Crippen molar-refractivity contribution in [2.24, 2.45) is 0 Å². The molecule has 0 bridgehead atoms. The Kier molecular flexibility index (Phi) is 6.84. The first-order valence-corrected chi connectivity index (χ1v) is 9.20. The van der Waals surface area contributed by atoms with Gasteiger partial charge in [0.05, 0.1) is 0 Å². The number of hydrogen-bond donors (Lipinski definition) is 2. The van der Waals surface area contributed by atoms with Gasteiger partial charge in [0.2, 0.25) is 0 Å². The summed E-state index contributed by atoms with van der Waals surface area (Å²) < 4.78 is 10.9. The van der Waals surface area contributed by atoms with Crippen molar-refractivity contribution in [2.45, 2.75) is 13.0 Å². The van der Waals surface area contributed by atoms with Crippen LogP contribution >= 0.6 is 0 Å². The lowest BCUT2D eigenvalue weighted by molar-refractivity contribution is -0.133. The van der Waals surface area contributed by atoms with E-state index in [0.29, 0.717) is 11.5 Å². The van der Waals surface area contributed by atoms with Gasteiger partial charge in [-0.1, -0.05) is 60.7 Å². The Balaban J connectivity index is 1.41. The second-order valence-corrected chi connectivity index (χ2v) is 6.29. The lowest BCUT2D eigenvalue weighted by atomic mass is 10.1. The van der Waals surface area contributed by atoms with Crippen LogP contribution in [0.2, 0.25) is 0 Å². The Morgan fingerprint density at radius 3 is 2.00 bits per heavy atom. The second kappa shape index (κ2) is 9.94. The van der Waals surface area contributed by atoms with Gasteiger partial charge in [-0.3, -0.25) is 20.4 Å². The number of benzene rings is 3. The third kappa shape index (κ3) is 6.10. The van der Waals surface area contributed by atoms with E-state index in [9.17, 15) is 9.59 Å². The largest absolute Gasteiger partial charge is 0.484 e. The van der Waals surface area contributed by atoms with Crippen LogP contribution in [0.3, 0.4) is 0 Å². The molecule has 6 heteroatoms. The summed E-state index contributed by atoms with van der Waals surface area (Å²) in [5.41, 5.74) is 6.80. The molecule has 0 saturated heterocycles. The van der Waals surface area contributed by atoms with Crippen LogP contribution in [0.25, 0.3) is 11.1 Å². The third-order valence-corrected chi connectivity index (χ3v) is 4.08. The highest BCUT2D eigenvalue weighted by molar-refractivity contribution is 5.85. The van der Waals surface area contributed by atoms with Gasteiger partial charge in [-0.2, -0.15) is 0 Å². The molecule has 29 heavy (non-hydrogen) atoms. The number of hydrazine groups is 1. The van der Waals surface area contributed by atoms with Gasteiger partial charge in [0.25, 0.3) is 11.8 Å². The van der Waals surface area contributed by atoms with Gasteiger partial charge < -0.3 is 9.47 Å². The Morgan fingerprint density at radius 2 is 1.34 bits per heavy atom. The number of rotatable bonds is 7. The molecule has 6 nitrogen and oxygen atoms in total. The van der Waals surface area contributed by atoms with E-state index in [-0.39, 0.29) is 6.61 Å². The summed E-state index contributed by atoms with van der Waals surface area (Å²) in [5.74, 6) is 0.197. The predicted molar refractivity (Wildman–Crippen MR) is 110 cm³/mol. The molecule has 0 aliphatic heterocycles. The van der Waals surface area contributed by atoms with Crippen LogP contribution in [0.5, 0.6) is 11.5 Å². The fourth-order valence-corrected chi connectivity index (χ4v) is 2.55. The summed E-state index contributed by atoms with van der Waals surface area (Å²) in [5, 5.41) is 0. The zero-order valence-corrected chi connectivity index (χ0v) is 16.0. The molecule has 1 unspecified atom stereocenters. The number of para-hydroxylation sites is 1. The Bertz CT molecular complexity index is 928. The fraction of sp³-hybridized carbons (Fsp3) is 0.130. The molecular formula is C23H22N2O4. The van der Waals surface area contributed by atoms with Gasteiger partial charge >= 0.3 is 0 Å². The minimum atomic E-state index is -0.760. The highest BCUT2D eigenvalue weighted by Crippen LogP contribution is 2.21. The quantitative estimate of drug-likeness (QED) is 0.607. The minimum absolute atomic E-state index is 0.223. The van der Waals surface area contributed by atoms with Crippen LogP contribution in [0.15, 0.2) is 84.9 Å². The smallest absolute Gasteiger partial charge is 0.279 e. The standard InChI is InChI=1S/C23H22N2O4/c1-17(29-21-10-6-3-7-11-21)23(27)25-24-22(26)16-28-20-14-12-19(13-15-20)18-8-4-2-5-9-18/h2-15,17H,16H2,1H3,(H,24,26)(H,25,27). The van der Waals surface area contributed by atoms with Crippen molar-refractivity contribution in [1.82, 2.24) is 10.9 Å². The van der Waals surface area contributed by atoms with E-state index in [0.717, 1.165) is 11.1 Å². The number of nitrogens with one attached hydrogen (secondary N) is 2. The summed E-state index contributed by atoms with van der Waals surface area (Å²) in [6.45, 7) is 1.37. The Labute approximate surface area is 169 Å². The van der Waals surface area contributed by atoms with Crippen molar-refractivity contribution in [3.8, 4) is 22.6 Å². The summed E-state index contributed by atoms with van der Waals surface area (Å²) >= 11 is 0. The molecule has 0 radical (unpaired) electrons. The maximum Gasteiger partial charge on any atom is 0.279 e. The topological polar surface area (TPSA) is 76.7 Å². The maximum atomic E-state index is 12.0. The molecule has 0 aliphatic rings. The molecule has 0 fully saturated rings. The molecule has 0 spiro atoms. The molecule has 0 aromatic heterocycles. The van der Waals surface area contributed by atoms with E-state index in [1.165, 1.54) is 0 Å². The second-order valence-electron chi connectivity index (χ2n) is 6.29. The SMILES string of the molecule is CC(Oc1ccccc1)C(=O)NNC(=O)COc1ccc(-c2ccccc2)cc1. The van der Waals surface area contributed by atoms with E-state index >= 15 is 0 Å². The zero-order chi connectivity index (χ0) is 20.5. The third-order valence-electron chi connectivity index (χ3n) is 4.08. The number of carbonyl (C=O) groups excluding carboxylic acids is 2. The van der Waals surface area contributed by atoms with E-state index < -0.39 is 17.9 Å². The zero-order valence-electron chi connectivity index (χ0n) is 16.0. The van der Waals surface area contributed by atoms with E-state index in [1.807, 2.05) is 60.7 Å². The average molecular weight is 390 g/mol. The van der Waals surface area contributed by atoms with Crippen LogP contribution in [0, 0.1) is 0 Å². The van der Waals surface area contributed by atoms with Crippen LogP contribution < -0.4 is 20.3 Å². The van der Waals surface area contributed by atoms with Gasteiger partial charge in [0.15, 0.2) is 12.7 Å². The summed E-state index contributed by atoms with van der Waals surface area (Å²) in [4.78, 5) is 23.9. The van der Waals surface area contributed by atoms with E-state index in [4.69, 9.17) is 9.47 Å². The molecule has 0 saturated carbocycles. The molecule has 0 heterocycles. The molecule has 3 aromatic carbocycles. The van der Waals surface area contributed by atoms with Crippen molar-refractivity contribution in [2.75, 3.05) is 6.61 Å². The normalized spacial score (nSPS) is 11.2. The molecule has 2 amide bonds. The number of carbonyl (C=O) groups is 2. The molecule has 0 aliphatic carbocycles. The van der Waals surface area contributed by atoms with Crippen LogP contribution in [-0.4, -0.2) is 24.5 Å². The van der Waals surface area contributed by atoms with Crippen LogP contribution in [-0.2, 0) is 9.59 Å². The fourth-order valence-electron chi connectivity index (χ4n) is 2.55. The first-order chi connectivity index (χ1) is 14.1. The van der Waals surface area contributed by atoms with Crippen molar-refractivity contribution in [1.29, 1.82) is 0 Å². The molecule has 3 aromatic rings. The minimum Gasteiger partial charge on any atom is -0.484 e. The molecule has 2 N–H and O–H groups in total. The maximum absolute atomic E-state index is 12.0. The lowest BCUT2D eigenvalue weighted by Gasteiger charge is -2.15. The van der Waals surface area contributed by atoms with Gasteiger partial charge in [-0.05, 0) is 42.3 Å². The predicted octanol–water partition coefficient (Wildman–Crippen LogP) is 3.35. The highest BCUT2D eigenvalue weighted by Gasteiger charge is 2.15. The van der Waals surface area contributed by atoms with Crippen molar-refractivity contribution in [3.05, 3.63) is 84.9 Å². The number of ether oxygens (including phenoxy) is 2. The van der Waals surface area contributed by atoms with Gasteiger partial charge in [0.1, 0.15) is 11.5 Å². The first kappa shape index (κ1) is 19.9. The molecule has 148 valence electrons. The number of hydrogen-bond acceptors (Lipinski definition) is 4. The van der Waals surface area contributed by atoms with Crippen molar-refractivity contribution >= 4 is 11.8 Å². The van der Waals surface area contributed by atoms with Gasteiger partial charge in [0, 0.05) is 0 Å². The van der Waals surface area contributed by atoms with E-state index in [1.54, 1.807) is 31.2 Å². The highest BCUT2D eigenvalue weighted by atomic mass is 16.5. The van der Waals surface area contributed by atoms with E-state index in [2.05, 4.69) is 10.9 Å². The molecule has 3 rings (SSSR count). The van der Waals surface area contributed by atoms with Crippen molar-refractivity contribution < 1.29 is 19.1 Å². The van der Waals surface area contributed by atoms with Crippen LogP contribution in [0.1, 0.15) is 6.92 Å². The first-order valence-electron chi connectivity index (χ1n) is 9.20. The molecular weight excluding hydrogens is 368 g/mol. The Hall–Kier alpha value is -3.80. The molecule has 1 atom stereocenters. The van der Waals surface area contributed by atoms with Gasteiger partial charge in [-0.25, -0.2) is 0 Å². The lowest BCUT2D eigenvalue weighted by Crippen LogP contribution is -2.48. The van der Waals surface area contributed by atoms with Gasteiger partial charge in [-0.15, -0.1) is 0 Å². The summed E-state index contributed by atoms with van der Waals surface area (Å²) in [7, 11) is 0. The Morgan fingerprint density at radius 1 is 0.759 bits per heavy atom. The monoisotopic (exact) mass is 390 g/mol. The number of amides is 2.